The highest BCUT2D eigenvalue weighted by Gasteiger charge is 2.20. The van der Waals surface area contributed by atoms with Crippen molar-refractivity contribution in [2.75, 3.05) is 13.1 Å². The summed E-state index contributed by atoms with van der Waals surface area (Å²) in [6.07, 6.45) is 3.75. The number of hydrogen-bond acceptors (Lipinski definition) is 4. The lowest BCUT2D eigenvalue weighted by molar-refractivity contribution is -0.125. The van der Waals surface area contributed by atoms with Crippen molar-refractivity contribution in [1.82, 2.24) is 15.6 Å². The van der Waals surface area contributed by atoms with Crippen LogP contribution in [0, 0.1) is 5.92 Å². The van der Waals surface area contributed by atoms with Crippen LogP contribution in [0.4, 0.5) is 0 Å². The minimum atomic E-state index is 0. The van der Waals surface area contributed by atoms with Crippen LogP contribution in [0.2, 0.25) is 0 Å². The highest BCUT2D eigenvalue weighted by atomic mass is 35.5. The van der Waals surface area contributed by atoms with E-state index in [4.69, 9.17) is 4.74 Å². The molecule has 136 valence electrons. The Bertz CT molecular complexity index is 633. The van der Waals surface area contributed by atoms with E-state index in [1.54, 1.807) is 6.20 Å². The van der Waals surface area contributed by atoms with Gasteiger partial charge in [-0.05, 0) is 37.1 Å². The molecule has 25 heavy (non-hydrogen) atoms. The summed E-state index contributed by atoms with van der Waals surface area (Å²) >= 11 is 0. The maximum absolute atomic E-state index is 12.1. The molecule has 1 aromatic carbocycles. The lowest BCUT2D eigenvalue weighted by Gasteiger charge is -2.21. The second kappa shape index (κ2) is 10.9. The molecule has 2 N–H and O–H groups in total. The maximum Gasteiger partial charge on any atom is 0.224 e. The van der Waals surface area contributed by atoms with E-state index in [0.717, 1.165) is 37.2 Å². The standard InChI is InChI=1S/C18H21N3O2.2ClH/c22-18(15-5-4-10-19-13-15)21-12-14-8-9-17(20-11-14)23-16-6-2-1-3-7-16;;/h1-3,6-9,11,15,19H,4-5,10,12-13H2,(H,21,22);2*1H. The lowest BCUT2D eigenvalue weighted by atomic mass is 9.99. The molecule has 0 radical (unpaired) electrons. The maximum atomic E-state index is 12.1. The minimum Gasteiger partial charge on any atom is -0.439 e. The van der Waals surface area contributed by atoms with Crippen molar-refractivity contribution in [1.29, 1.82) is 0 Å². The Morgan fingerprint density at radius 1 is 1.20 bits per heavy atom. The van der Waals surface area contributed by atoms with E-state index in [9.17, 15) is 4.79 Å². The minimum absolute atomic E-state index is 0. The van der Waals surface area contributed by atoms with Crippen LogP contribution in [-0.2, 0) is 11.3 Å². The lowest BCUT2D eigenvalue weighted by Crippen LogP contribution is -2.40. The monoisotopic (exact) mass is 383 g/mol. The number of aromatic nitrogens is 1. The summed E-state index contributed by atoms with van der Waals surface area (Å²) < 4.78 is 5.65. The van der Waals surface area contributed by atoms with Crippen molar-refractivity contribution in [3.8, 4) is 11.6 Å². The zero-order valence-corrected chi connectivity index (χ0v) is 15.4. The Kier molecular flexibility index (Phi) is 9.27. The SMILES string of the molecule is Cl.Cl.O=C(NCc1ccc(Oc2ccccc2)nc1)C1CCCNC1. The second-order valence-corrected chi connectivity index (χ2v) is 5.68. The third kappa shape index (κ3) is 6.53. The van der Waals surface area contributed by atoms with Gasteiger partial charge in [-0.15, -0.1) is 24.8 Å². The van der Waals surface area contributed by atoms with Crippen molar-refractivity contribution in [3.05, 3.63) is 54.2 Å². The smallest absolute Gasteiger partial charge is 0.224 e. The fourth-order valence-corrected chi connectivity index (χ4v) is 2.59. The Labute approximate surface area is 160 Å². The zero-order chi connectivity index (χ0) is 15.9. The van der Waals surface area contributed by atoms with Gasteiger partial charge < -0.3 is 15.4 Å². The van der Waals surface area contributed by atoms with Crippen molar-refractivity contribution in [2.24, 2.45) is 5.92 Å². The number of halogens is 2. The molecule has 5 nitrogen and oxygen atoms in total. The third-order valence-electron chi connectivity index (χ3n) is 3.90. The molecule has 1 aromatic heterocycles. The first-order chi connectivity index (χ1) is 11.3. The Morgan fingerprint density at radius 2 is 2.00 bits per heavy atom. The molecule has 0 saturated carbocycles. The van der Waals surface area contributed by atoms with Gasteiger partial charge in [0, 0.05) is 25.4 Å². The number of pyridine rings is 1. The van der Waals surface area contributed by atoms with Gasteiger partial charge in [-0.3, -0.25) is 4.79 Å². The van der Waals surface area contributed by atoms with Crippen LogP contribution >= 0.6 is 24.8 Å². The quantitative estimate of drug-likeness (QED) is 0.830. The number of benzene rings is 1. The van der Waals surface area contributed by atoms with E-state index < -0.39 is 0 Å². The van der Waals surface area contributed by atoms with Crippen LogP contribution in [-0.4, -0.2) is 24.0 Å². The number of para-hydroxylation sites is 1. The highest BCUT2D eigenvalue weighted by molar-refractivity contribution is 5.85. The Balaban J connectivity index is 0.00000156. The number of hydrogen-bond donors (Lipinski definition) is 2. The van der Waals surface area contributed by atoms with Gasteiger partial charge in [0.1, 0.15) is 5.75 Å². The largest absolute Gasteiger partial charge is 0.439 e. The number of carbonyl (C=O) groups excluding carboxylic acids is 1. The first-order valence-electron chi connectivity index (χ1n) is 7.97. The number of piperidine rings is 1. The molecule has 2 heterocycles. The summed E-state index contributed by atoms with van der Waals surface area (Å²) in [5.41, 5.74) is 0.961. The predicted molar refractivity (Wildman–Crippen MR) is 103 cm³/mol. The van der Waals surface area contributed by atoms with Crippen molar-refractivity contribution in [3.63, 3.8) is 0 Å². The summed E-state index contributed by atoms with van der Waals surface area (Å²) in [4.78, 5) is 16.4. The zero-order valence-electron chi connectivity index (χ0n) is 13.8. The van der Waals surface area contributed by atoms with E-state index >= 15 is 0 Å². The van der Waals surface area contributed by atoms with Crippen molar-refractivity contribution < 1.29 is 9.53 Å². The van der Waals surface area contributed by atoms with E-state index in [0.29, 0.717) is 12.4 Å². The normalized spacial score (nSPS) is 16.1. The first-order valence-corrected chi connectivity index (χ1v) is 7.97. The van der Waals surface area contributed by atoms with Gasteiger partial charge in [0.05, 0.1) is 5.92 Å². The second-order valence-electron chi connectivity index (χ2n) is 5.68. The number of ether oxygens (including phenoxy) is 1. The molecule has 3 rings (SSSR count). The summed E-state index contributed by atoms with van der Waals surface area (Å²) in [6, 6.07) is 13.3. The van der Waals surface area contributed by atoms with Gasteiger partial charge in [0.15, 0.2) is 0 Å². The molecule has 1 unspecified atom stereocenters. The molecular weight excluding hydrogens is 361 g/mol. The Morgan fingerprint density at radius 3 is 2.64 bits per heavy atom. The molecule has 7 heteroatoms. The predicted octanol–water partition coefficient (Wildman–Crippen LogP) is 3.33. The van der Waals surface area contributed by atoms with E-state index in [1.807, 2.05) is 42.5 Å². The van der Waals surface area contributed by atoms with E-state index in [2.05, 4.69) is 15.6 Å². The molecule has 0 bridgehead atoms. The van der Waals surface area contributed by atoms with Crippen LogP contribution in [0.1, 0.15) is 18.4 Å². The van der Waals surface area contributed by atoms with Gasteiger partial charge >= 0.3 is 0 Å². The molecule has 0 spiro atoms. The van der Waals surface area contributed by atoms with Gasteiger partial charge in [0.25, 0.3) is 0 Å². The average Bonchev–Trinajstić information content (AvgIpc) is 2.62. The fourth-order valence-electron chi connectivity index (χ4n) is 2.59. The molecule has 1 fully saturated rings. The summed E-state index contributed by atoms with van der Waals surface area (Å²) in [7, 11) is 0. The topological polar surface area (TPSA) is 63.2 Å². The number of nitrogens with one attached hydrogen (secondary N) is 2. The van der Waals surface area contributed by atoms with Crippen LogP contribution in [0.5, 0.6) is 11.6 Å². The molecule has 1 atom stereocenters. The summed E-state index contributed by atoms with van der Waals surface area (Å²) in [6.45, 7) is 2.28. The van der Waals surface area contributed by atoms with Crippen molar-refractivity contribution >= 4 is 30.7 Å². The number of carbonyl (C=O) groups is 1. The molecule has 1 amide bonds. The van der Waals surface area contributed by atoms with Crippen LogP contribution in [0.3, 0.4) is 0 Å². The number of rotatable bonds is 5. The van der Waals surface area contributed by atoms with Gasteiger partial charge in [-0.2, -0.15) is 0 Å². The van der Waals surface area contributed by atoms with Crippen LogP contribution < -0.4 is 15.4 Å². The Hall–Kier alpha value is -1.82. The number of nitrogens with zero attached hydrogens (tertiary/aromatic N) is 1. The highest BCUT2D eigenvalue weighted by Crippen LogP contribution is 2.18. The molecule has 2 aromatic rings. The average molecular weight is 384 g/mol. The van der Waals surface area contributed by atoms with E-state index in [1.165, 1.54) is 0 Å². The molecule has 0 aliphatic carbocycles. The third-order valence-corrected chi connectivity index (χ3v) is 3.90. The van der Waals surface area contributed by atoms with Gasteiger partial charge in [-0.25, -0.2) is 4.98 Å². The molecule has 1 aliphatic heterocycles. The molecular formula is C18H23Cl2N3O2. The number of amides is 1. The van der Waals surface area contributed by atoms with Crippen LogP contribution in [0.15, 0.2) is 48.7 Å². The van der Waals surface area contributed by atoms with Gasteiger partial charge in [0.2, 0.25) is 11.8 Å². The fraction of sp³-hybridized carbons (Fsp3) is 0.333. The molecule has 1 aliphatic rings. The summed E-state index contributed by atoms with van der Waals surface area (Å²) in [5.74, 6) is 1.49. The summed E-state index contributed by atoms with van der Waals surface area (Å²) in [5, 5.41) is 6.23. The van der Waals surface area contributed by atoms with Crippen molar-refractivity contribution in [2.45, 2.75) is 19.4 Å². The van der Waals surface area contributed by atoms with Crippen LogP contribution in [0.25, 0.3) is 0 Å². The van der Waals surface area contributed by atoms with Gasteiger partial charge in [-0.1, -0.05) is 24.3 Å². The first kappa shape index (κ1) is 21.2. The van der Waals surface area contributed by atoms with E-state index in [-0.39, 0.29) is 36.6 Å². The molecule has 1 saturated heterocycles.